The van der Waals surface area contributed by atoms with Crippen LogP contribution in [-0.2, 0) is 6.54 Å². The minimum atomic E-state index is 0.184. The lowest BCUT2D eigenvalue weighted by atomic mass is 9.98. The number of aromatic nitrogens is 3. The second-order valence-corrected chi connectivity index (χ2v) is 6.26. The predicted molar refractivity (Wildman–Crippen MR) is 108 cm³/mol. The summed E-state index contributed by atoms with van der Waals surface area (Å²) in [5.41, 5.74) is 11.9. The number of nitrogens with two attached hydrogens (primary N) is 1. The number of anilines is 2. The van der Waals surface area contributed by atoms with Gasteiger partial charge in [-0.2, -0.15) is 0 Å². The van der Waals surface area contributed by atoms with Gasteiger partial charge in [-0.3, -0.25) is 0 Å². The lowest BCUT2D eigenvalue weighted by Gasteiger charge is -2.11. The first-order valence-corrected chi connectivity index (χ1v) is 8.55. The molecule has 6 nitrogen and oxygen atoms in total. The maximum Gasteiger partial charge on any atom is 0.268 e. The SMILES string of the molecule is [C-]#[N+]c1c(N)ncnc1NCc1cn2ccccc2c1-c1ccccc1C. The van der Waals surface area contributed by atoms with E-state index in [0.717, 1.165) is 11.1 Å². The Kier molecular flexibility index (Phi) is 4.19. The smallest absolute Gasteiger partial charge is 0.268 e. The number of aryl methyl sites for hydroxylation is 1. The van der Waals surface area contributed by atoms with E-state index >= 15 is 0 Å². The van der Waals surface area contributed by atoms with E-state index < -0.39 is 0 Å². The minimum Gasteiger partial charge on any atom is -0.392 e. The monoisotopic (exact) mass is 354 g/mol. The molecule has 0 saturated carbocycles. The molecular formula is C21H18N6. The van der Waals surface area contributed by atoms with Crippen LogP contribution in [0.25, 0.3) is 21.5 Å². The number of pyridine rings is 1. The van der Waals surface area contributed by atoms with E-state index in [-0.39, 0.29) is 11.5 Å². The van der Waals surface area contributed by atoms with Gasteiger partial charge in [-0.1, -0.05) is 30.3 Å². The van der Waals surface area contributed by atoms with Gasteiger partial charge in [0.25, 0.3) is 5.69 Å². The first-order chi connectivity index (χ1) is 13.2. The van der Waals surface area contributed by atoms with Crippen molar-refractivity contribution in [3.8, 4) is 11.1 Å². The highest BCUT2D eigenvalue weighted by Gasteiger charge is 2.15. The van der Waals surface area contributed by atoms with Gasteiger partial charge in [-0.25, -0.2) is 14.8 Å². The van der Waals surface area contributed by atoms with Crippen LogP contribution < -0.4 is 11.1 Å². The highest BCUT2D eigenvalue weighted by molar-refractivity contribution is 5.86. The maximum atomic E-state index is 7.32. The van der Waals surface area contributed by atoms with Crippen molar-refractivity contribution in [2.75, 3.05) is 11.1 Å². The summed E-state index contributed by atoms with van der Waals surface area (Å²) in [6.07, 6.45) is 5.50. The van der Waals surface area contributed by atoms with E-state index in [1.165, 1.54) is 23.0 Å². The van der Waals surface area contributed by atoms with Crippen molar-refractivity contribution in [1.29, 1.82) is 0 Å². The number of hydrogen-bond acceptors (Lipinski definition) is 4. The lowest BCUT2D eigenvalue weighted by molar-refractivity contribution is 1.08. The molecule has 0 amide bonds. The molecule has 0 spiro atoms. The summed E-state index contributed by atoms with van der Waals surface area (Å²) in [4.78, 5) is 11.5. The molecule has 3 N–H and O–H groups in total. The van der Waals surface area contributed by atoms with Crippen LogP contribution in [0.1, 0.15) is 11.1 Å². The summed E-state index contributed by atoms with van der Waals surface area (Å²) in [5.74, 6) is 0.632. The molecule has 0 aliphatic rings. The second kappa shape index (κ2) is 6.81. The Hall–Kier alpha value is -3.85. The third kappa shape index (κ3) is 2.96. The molecule has 0 fully saturated rings. The molecule has 3 heterocycles. The molecule has 4 aromatic rings. The number of rotatable bonds is 4. The van der Waals surface area contributed by atoms with Gasteiger partial charge >= 0.3 is 0 Å². The highest BCUT2D eigenvalue weighted by atomic mass is 15.1. The van der Waals surface area contributed by atoms with Crippen molar-refractivity contribution in [3.63, 3.8) is 0 Å². The van der Waals surface area contributed by atoms with E-state index in [1.54, 1.807) is 0 Å². The van der Waals surface area contributed by atoms with Gasteiger partial charge in [0.05, 0.1) is 12.1 Å². The molecule has 0 bridgehead atoms. The van der Waals surface area contributed by atoms with Gasteiger partial charge in [-0.15, -0.1) is 0 Å². The topological polar surface area (TPSA) is 72.6 Å². The van der Waals surface area contributed by atoms with Crippen molar-refractivity contribution < 1.29 is 0 Å². The molecule has 0 atom stereocenters. The summed E-state index contributed by atoms with van der Waals surface area (Å²) in [5, 5.41) is 3.25. The number of nitrogen functional groups attached to an aromatic ring is 1. The Morgan fingerprint density at radius 2 is 1.96 bits per heavy atom. The van der Waals surface area contributed by atoms with Crippen LogP contribution in [0.3, 0.4) is 0 Å². The normalized spacial score (nSPS) is 10.7. The van der Waals surface area contributed by atoms with E-state index in [0.29, 0.717) is 12.4 Å². The summed E-state index contributed by atoms with van der Waals surface area (Å²) in [7, 11) is 0. The third-order valence-corrected chi connectivity index (χ3v) is 4.59. The zero-order valence-electron chi connectivity index (χ0n) is 14.8. The van der Waals surface area contributed by atoms with Crippen LogP contribution in [-0.4, -0.2) is 14.4 Å². The van der Waals surface area contributed by atoms with E-state index in [2.05, 4.69) is 55.9 Å². The highest BCUT2D eigenvalue weighted by Crippen LogP contribution is 2.34. The third-order valence-electron chi connectivity index (χ3n) is 4.59. The summed E-state index contributed by atoms with van der Waals surface area (Å²) in [6, 6.07) is 14.5. The predicted octanol–water partition coefficient (Wildman–Crippen LogP) is 4.45. The molecule has 3 aromatic heterocycles. The van der Waals surface area contributed by atoms with Crippen LogP contribution in [0.5, 0.6) is 0 Å². The number of fused-ring (bicyclic) bond motifs is 1. The standard InChI is InChI=1S/C21H18N6/c1-14-7-3-4-8-16(14)18-15(12-27-10-6-5-9-17(18)27)11-24-21-19(23-2)20(22)25-13-26-21/h3-10,12-13H,11H2,1H3,(H3,22,24,25,26). The van der Waals surface area contributed by atoms with Crippen molar-refractivity contribution in [2.24, 2.45) is 0 Å². The van der Waals surface area contributed by atoms with E-state index in [1.807, 2.05) is 30.5 Å². The minimum absolute atomic E-state index is 0.184. The van der Waals surface area contributed by atoms with Crippen LogP contribution in [0.15, 0.2) is 61.2 Å². The summed E-state index contributed by atoms with van der Waals surface area (Å²) >= 11 is 0. The van der Waals surface area contributed by atoms with Crippen molar-refractivity contribution >= 4 is 22.8 Å². The fourth-order valence-corrected chi connectivity index (χ4v) is 3.29. The lowest BCUT2D eigenvalue weighted by Crippen LogP contribution is -2.04. The quantitative estimate of drug-likeness (QED) is 0.531. The van der Waals surface area contributed by atoms with Gasteiger partial charge in [0.15, 0.2) is 0 Å². The largest absolute Gasteiger partial charge is 0.392 e. The van der Waals surface area contributed by atoms with Crippen LogP contribution in [0.4, 0.5) is 17.3 Å². The van der Waals surface area contributed by atoms with Gasteiger partial charge in [0.2, 0.25) is 0 Å². The average molecular weight is 354 g/mol. The van der Waals surface area contributed by atoms with E-state index in [4.69, 9.17) is 12.3 Å². The van der Waals surface area contributed by atoms with Gasteiger partial charge in [-0.05, 0) is 35.7 Å². The maximum absolute atomic E-state index is 7.32. The molecule has 0 radical (unpaired) electrons. The van der Waals surface area contributed by atoms with Gasteiger partial charge in [0, 0.05) is 24.5 Å². The molecule has 0 aliphatic carbocycles. The molecule has 132 valence electrons. The summed E-state index contributed by atoms with van der Waals surface area (Å²) < 4.78 is 2.11. The van der Waals surface area contributed by atoms with Crippen molar-refractivity contribution in [2.45, 2.75) is 13.5 Å². The zero-order chi connectivity index (χ0) is 18.8. The Morgan fingerprint density at radius 3 is 2.78 bits per heavy atom. The second-order valence-electron chi connectivity index (χ2n) is 6.26. The van der Waals surface area contributed by atoms with Crippen LogP contribution in [0.2, 0.25) is 0 Å². The Morgan fingerprint density at radius 1 is 1.15 bits per heavy atom. The molecule has 27 heavy (non-hydrogen) atoms. The first kappa shape index (κ1) is 16.6. The van der Waals surface area contributed by atoms with Gasteiger partial charge < -0.3 is 15.5 Å². The number of hydrogen-bond donors (Lipinski definition) is 2. The fraction of sp³-hybridized carbons (Fsp3) is 0.0952. The number of nitrogens with one attached hydrogen (secondary N) is 1. The zero-order valence-corrected chi connectivity index (χ0v) is 14.8. The Labute approximate surface area is 157 Å². The number of nitrogens with zero attached hydrogens (tertiary/aromatic N) is 4. The first-order valence-electron chi connectivity index (χ1n) is 8.55. The molecule has 0 unspecified atom stereocenters. The summed E-state index contributed by atoms with van der Waals surface area (Å²) in [6.45, 7) is 9.95. The van der Waals surface area contributed by atoms with Crippen molar-refractivity contribution in [3.05, 3.63) is 83.7 Å². The van der Waals surface area contributed by atoms with Crippen molar-refractivity contribution in [1.82, 2.24) is 14.4 Å². The molecule has 1 aromatic carbocycles. The average Bonchev–Trinajstić information content (AvgIpc) is 3.05. The molecule has 6 heteroatoms. The molecular weight excluding hydrogens is 336 g/mol. The fourth-order valence-electron chi connectivity index (χ4n) is 3.29. The number of benzene rings is 1. The molecule has 0 saturated heterocycles. The van der Waals surface area contributed by atoms with Crippen LogP contribution in [0, 0.1) is 13.5 Å². The molecule has 0 aliphatic heterocycles. The van der Waals surface area contributed by atoms with Gasteiger partial charge in [0.1, 0.15) is 18.0 Å². The Balaban J connectivity index is 1.79. The van der Waals surface area contributed by atoms with Crippen LogP contribution >= 0.6 is 0 Å². The van der Waals surface area contributed by atoms with E-state index in [9.17, 15) is 0 Å². The molecule has 4 rings (SSSR count). The Bertz CT molecular complexity index is 1170.